The molecule has 6 nitrogen and oxygen atoms in total. The van der Waals surface area contributed by atoms with Crippen LogP contribution in [0.2, 0.25) is 0 Å². The quantitative estimate of drug-likeness (QED) is 0.727. The van der Waals surface area contributed by atoms with Gasteiger partial charge in [0.2, 0.25) is 6.10 Å². The highest BCUT2D eigenvalue weighted by molar-refractivity contribution is 5.96. The summed E-state index contributed by atoms with van der Waals surface area (Å²) < 4.78 is 5.42. The molecule has 2 amide bonds. The van der Waals surface area contributed by atoms with Gasteiger partial charge in [0.15, 0.2) is 0 Å². The number of benzene rings is 2. The van der Waals surface area contributed by atoms with Gasteiger partial charge in [-0.15, -0.1) is 0 Å². The average Bonchev–Trinajstić information content (AvgIpc) is 2.72. The Morgan fingerprint density at radius 2 is 1.48 bits per heavy atom. The predicted molar refractivity (Wildman–Crippen MR) is 102 cm³/mol. The third-order valence-electron chi connectivity index (χ3n) is 4.08. The van der Waals surface area contributed by atoms with E-state index in [-0.39, 0.29) is 18.4 Å². The Morgan fingerprint density at radius 3 is 2.04 bits per heavy atom. The summed E-state index contributed by atoms with van der Waals surface area (Å²) in [4.78, 5) is 38.7. The standard InChI is InChI=1S/C21H24N2O4/c1-3-23(4-2)21(26)19(16-11-7-5-8-12-16)27-18(24)15-22-20(25)17-13-9-6-10-14-17/h5-14,19H,3-4,15H2,1-2H3,(H,22,25)/t19-/m0/s1. The maximum absolute atomic E-state index is 12.8. The highest BCUT2D eigenvalue weighted by atomic mass is 16.5. The summed E-state index contributed by atoms with van der Waals surface area (Å²) >= 11 is 0. The molecule has 0 aromatic heterocycles. The normalized spacial score (nSPS) is 11.3. The van der Waals surface area contributed by atoms with Crippen molar-refractivity contribution in [3.63, 3.8) is 0 Å². The fourth-order valence-electron chi connectivity index (χ4n) is 2.61. The van der Waals surface area contributed by atoms with Crippen molar-refractivity contribution >= 4 is 17.8 Å². The van der Waals surface area contributed by atoms with E-state index in [1.165, 1.54) is 0 Å². The maximum Gasteiger partial charge on any atom is 0.326 e. The predicted octanol–water partition coefficient (Wildman–Crippen LogP) is 2.57. The number of nitrogens with one attached hydrogen (secondary N) is 1. The second-order valence-electron chi connectivity index (χ2n) is 5.84. The van der Waals surface area contributed by atoms with Gasteiger partial charge < -0.3 is 15.0 Å². The van der Waals surface area contributed by atoms with Gasteiger partial charge in [0.25, 0.3) is 11.8 Å². The first-order chi connectivity index (χ1) is 13.1. The summed E-state index contributed by atoms with van der Waals surface area (Å²) in [6, 6.07) is 17.4. The van der Waals surface area contributed by atoms with Crippen LogP contribution in [0.4, 0.5) is 0 Å². The smallest absolute Gasteiger partial charge is 0.326 e. The molecule has 142 valence electrons. The fourth-order valence-corrected chi connectivity index (χ4v) is 2.61. The van der Waals surface area contributed by atoms with Crippen LogP contribution in [0.3, 0.4) is 0 Å². The Labute approximate surface area is 159 Å². The van der Waals surface area contributed by atoms with Crippen LogP contribution in [-0.2, 0) is 14.3 Å². The van der Waals surface area contributed by atoms with Crippen molar-refractivity contribution in [2.24, 2.45) is 0 Å². The van der Waals surface area contributed by atoms with Gasteiger partial charge in [0, 0.05) is 24.2 Å². The Morgan fingerprint density at radius 1 is 0.926 bits per heavy atom. The first-order valence-corrected chi connectivity index (χ1v) is 8.93. The molecule has 6 heteroatoms. The zero-order valence-corrected chi connectivity index (χ0v) is 15.6. The first kappa shape index (κ1) is 20.2. The lowest BCUT2D eigenvalue weighted by molar-refractivity contribution is -0.160. The number of rotatable bonds is 8. The minimum atomic E-state index is -1.03. The Hall–Kier alpha value is -3.15. The molecule has 0 unspecified atom stereocenters. The minimum absolute atomic E-state index is 0.283. The summed E-state index contributed by atoms with van der Waals surface area (Å²) in [6.07, 6.45) is -1.03. The molecule has 0 spiro atoms. The van der Waals surface area contributed by atoms with Crippen LogP contribution < -0.4 is 5.32 Å². The van der Waals surface area contributed by atoms with Crippen LogP contribution in [-0.4, -0.2) is 42.3 Å². The van der Waals surface area contributed by atoms with Crippen molar-refractivity contribution in [2.75, 3.05) is 19.6 Å². The summed E-state index contributed by atoms with van der Waals surface area (Å²) in [7, 11) is 0. The molecule has 0 aliphatic rings. The lowest BCUT2D eigenvalue weighted by atomic mass is 10.1. The highest BCUT2D eigenvalue weighted by Crippen LogP contribution is 2.20. The van der Waals surface area contributed by atoms with E-state index >= 15 is 0 Å². The van der Waals surface area contributed by atoms with Gasteiger partial charge in [-0.25, -0.2) is 0 Å². The molecule has 0 fully saturated rings. The van der Waals surface area contributed by atoms with E-state index in [9.17, 15) is 14.4 Å². The number of amides is 2. The number of nitrogens with zero attached hydrogens (tertiary/aromatic N) is 1. The van der Waals surface area contributed by atoms with Gasteiger partial charge in [-0.1, -0.05) is 48.5 Å². The van der Waals surface area contributed by atoms with E-state index < -0.39 is 12.1 Å². The molecule has 27 heavy (non-hydrogen) atoms. The molecule has 0 bridgehead atoms. The van der Waals surface area contributed by atoms with Crippen LogP contribution >= 0.6 is 0 Å². The van der Waals surface area contributed by atoms with E-state index in [1.54, 1.807) is 59.5 Å². The van der Waals surface area contributed by atoms with Crippen LogP contribution in [0.5, 0.6) is 0 Å². The summed E-state index contributed by atoms with van der Waals surface area (Å²) in [5, 5.41) is 2.51. The zero-order chi connectivity index (χ0) is 19.6. The highest BCUT2D eigenvalue weighted by Gasteiger charge is 2.28. The van der Waals surface area contributed by atoms with E-state index in [0.717, 1.165) is 0 Å². The maximum atomic E-state index is 12.8. The van der Waals surface area contributed by atoms with Gasteiger partial charge in [-0.05, 0) is 26.0 Å². The van der Waals surface area contributed by atoms with Crippen LogP contribution in [0.1, 0.15) is 35.9 Å². The molecule has 0 radical (unpaired) electrons. The topological polar surface area (TPSA) is 75.7 Å². The van der Waals surface area contributed by atoms with Gasteiger partial charge in [0.05, 0.1) is 0 Å². The van der Waals surface area contributed by atoms with Crippen LogP contribution in [0.25, 0.3) is 0 Å². The SMILES string of the molecule is CCN(CC)C(=O)[C@@H](OC(=O)CNC(=O)c1ccccc1)c1ccccc1. The zero-order valence-electron chi connectivity index (χ0n) is 15.6. The summed E-state index contributed by atoms with van der Waals surface area (Å²) in [6.45, 7) is 4.45. The second kappa shape index (κ2) is 10.1. The molecule has 2 rings (SSSR count). The Bertz CT molecular complexity index is 758. The van der Waals surface area contributed by atoms with Crippen LogP contribution in [0, 0.1) is 0 Å². The second-order valence-corrected chi connectivity index (χ2v) is 5.84. The third kappa shape index (κ3) is 5.67. The average molecular weight is 368 g/mol. The van der Waals surface area contributed by atoms with Crippen molar-refractivity contribution in [2.45, 2.75) is 20.0 Å². The van der Waals surface area contributed by atoms with E-state index in [4.69, 9.17) is 4.74 Å². The van der Waals surface area contributed by atoms with Gasteiger partial charge in [-0.3, -0.25) is 14.4 Å². The number of ether oxygens (including phenoxy) is 1. The third-order valence-corrected chi connectivity index (χ3v) is 4.08. The summed E-state index contributed by atoms with van der Waals surface area (Å²) in [5.74, 6) is -1.33. The molecule has 0 saturated carbocycles. The lowest BCUT2D eigenvalue weighted by Crippen LogP contribution is -2.38. The molecule has 0 heterocycles. The molecule has 1 N–H and O–H groups in total. The number of likely N-dealkylation sites (N-methyl/N-ethyl adjacent to an activating group) is 1. The Kier molecular flexibility index (Phi) is 7.55. The summed E-state index contributed by atoms with van der Waals surface area (Å²) in [5.41, 5.74) is 1.04. The van der Waals surface area contributed by atoms with Crippen molar-refractivity contribution in [1.82, 2.24) is 10.2 Å². The largest absolute Gasteiger partial charge is 0.446 e. The van der Waals surface area contributed by atoms with Crippen molar-refractivity contribution in [1.29, 1.82) is 0 Å². The van der Waals surface area contributed by atoms with E-state index in [0.29, 0.717) is 24.2 Å². The van der Waals surface area contributed by atoms with Crippen molar-refractivity contribution in [3.05, 3.63) is 71.8 Å². The molecule has 0 aliphatic carbocycles. The fraction of sp³-hybridized carbons (Fsp3) is 0.286. The van der Waals surface area contributed by atoms with E-state index in [2.05, 4.69) is 5.32 Å². The van der Waals surface area contributed by atoms with Gasteiger partial charge >= 0.3 is 5.97 Å². The monoisotopic (exact) mass is 368 g/mol. The molecule has 2 aromatic carbocycles. The van der Waals surface area contributed by atoms with Crippen molar-refractivity contribution in [3.8, 4) is 0 Å². The molecule has 2 aromatic rings. The number of hydrogen-bond acceptors (Lipinski definition) is 4. The number of esters is 1. The first-order valence-electron chi connectivity index (χ1n) is 8.93. The number of carbonyl (C=O) groups excluding carboxylic acids is 3. The number of hydrogen-bond donors (Lipinski definition) is 1. The number of carbonyl (C=O) groups is 3. The minimum Gasteiger partial charge on any atom is -0.446 e. The van der Waals surface area contributed by atoms with Gasteiger partial charge in [0.1, 0.15) is 6.54 Å². The van der Waals surface area contributed by atoms with E-state index in [1.807, 2.05) is 19.9 Å². The molecule has 1 atom stereocenters. The van der Waals surface area contributed by atoms with Gasteiger partial charge in [-0.2, -0.15) is 0 Å². The molecule has 0 saturated heterocycles. The van der Waals surface area contributed by atoms with Crippen LogP contribution in [0.15, 0.2) is 60.7 Å². The molecular weight excluding hydrogens is 344 g/mol. The molecular formula is C21H24N2O4. The lowest BCUT2D eigenvalue weighted by Gasteiger charge is -2.25. The molecule has 0 aliphatic heterocycles. The Balaban J connectivity index is 2.05. The van der Waals surface area contributed by atoms with Crippen molar-refractivity contribution < 1.29 is 19.1 Å².